The maximum absolute atomic E-state index is 13.0. The molecule has 4 heterocycles. The highest BCUT2D eigenvalue weighted by atomic mass is 16.5. The molecule has 12 nitrogen and oxygen atoms in total. The first-order chi connectivity index (χ1) is 20.0. The van der Waals surface area contributed by atoms with Gasteiger partial charge in [0.1, 0.15) is 11.9 Å². The van der Waals surface area contributed by atoms with E-state index in [2.05, 4.69) is 31.4 Å². The molecule has 0 saturated carbocycles. The summed E-state index contributed by atoms with van der Waals surface area (Å²) >= 11 is 0. The third-order valence-corrected chi connectivity index (χ3v) is 7.30. The van der Waals surface area contributed by atoms with Crippen LogP contribution >= 0.6 is 0 Å². The smallest absolute Gasteiger partial charge is 0.324 e. The summed E-state index contributed by atoms with van der Waals surface area (Å²) in [5.74, 6) is 0.676. The van der Waals surface area contributed by atoms with Gasteiger partial charge in [0.2, 0.25) is 5.91 Å². The predicted molar refractivity (Wildman–Crippen MR) is 161 cm³/mol. The second-order valence-corrected chi connectivity index (χ2v) is 11.5. The van der Waals surface area contributed by atoms with Crippen molar-refractivity contribution >= 4 is 52.4 Å². The van der Waals surface area contributed by atoms with Gasteiger partial charge in [0.15, 0.2) is 5.82 Å². The minimum Gasteiger partial charge on any atom is -0.377 e. The lowest BCUT2D eigenvalue weighted by molar-refractivity contribution is -0.119. The van der Waals surface area contributed by atoms with E-state index in [1.807, 2.05) is 41.5 Å². The number of nitrogens with zero attached hydrogens (tertiary/aromatic N) is 2. The Labute approximate surface area is 244 Å². The highest BCUT2D eigenvalue weighted by Crippen LogP contribution is 2.37. The first-order valence-electron chi connectivity index (χ1n) is 14.0. The number of carbonyl (C=O) groups is 3. The highest BCUT2D eigenvalue weighted by molar-refractivity contribution is 6.35. The molecule has 2 aliphatic heterocycles. The first-order valence-corrected chi connectivity index (χ1v) is 14.0. The number of aromatic nitrogens is 2. The molecular weight excluding hydrogens is 538 g/mol. The topological polar surface area (TPSA) is 154 Å². The van der Waals surface area contributed by atoms with Crippen LogP contribution < -0.4 is 26.2 Å². The first kappa shape index (κ1) is 29.1. The molecule has 0 radical (unpaired) electrons. The Morgan fingerprint density at radius 1 is 1.19 bits per heavy atom. The van der Waals surface area contributed by atoms with E-state index in [1.54, 1.807) is 35.2 Å². The molecule has 4 amide bonds. The van der Waals surface area contributed by atoms with Crippen LogP contribution in [0.2, 0.25) is 0 Å². The highest BCUT2D eigenvalue weighted by Gasteiger charge is 2.31. The van der Waals surface area contributed by atoms with Crippen molar-refractivity contribution in [3.05, 3.63) is 52.5 Å². The van der Waals surface area contributed by atoms with Crippen LogP contribution in [0.4, 0.5) is 27.7 Å². The van der Waals surface area contributed by atoms with Crippen LogP contribution in [0.25, 0.3) is 11.6 Å². The van der Waals surface area contributed by atoms with E-state index in [0.717, 1.165) is 22.6 Å². The molecule has 5 N–H and O–H groups in total. The fourth-order valence-corrected chi connectivity index (χ4v) is 5.14. The number of rotatable bonds is 6. The third-order valence-electron chi connectivity index (χ3n) is 7.30. The van der Waals surface area contributed by atoms with Gasteiger partial charge in [-0.2, -0.15) is 0 Å². The number of morpholine rings is 1. The number of nitrogens with one attached hydrogen (secondary N) is 5. The molecule has 0 spiro atoms. The lowest BCUT2D eigenvalue weighted by atomic mass is 9.93. The largest absolute Gasteiger partial charge is 0.377 e. The van der Waals surface area contributed by atoms with Crippen molar-refractivity contribution in [1.82, 2.24) is 15.5 Å². The summed E-state index contributed by atoms with van der Waals surface area (Å²) in [5.41, 5.74) is 5.20. The van der Waals surface area contributed by atoms with Crippen LogP contribution in [0.5, 0.6) is 0 Å². The van der Waals surface area contributed by atoms with Gasteiger partial charge >= 0.3 is 6.03 Å². The van der Waals surface area contributed by atoms with Crippen molar-refractivity contribution in [2.75, 3.05) is 40.6 Å². The lowest BCUT2D eigenvalue weighted by Crippen LogP contribution is -2.55. The van der Waals surface area contributed by atoms with Gasteiger partial charge in [0.05, 0.1) is 30.2 Å². The Kier molecular flexibility index (Phi) is 7.93. The molecule has 222 valence electrons. The number of carbonyl (C=O) groups excluding carboxylic acids is 3. The average molecular weight is 576 g/mol. The monoisotopic (exact) mass is 575 g/mol. The third kappa shape index (κ3) is 5.81. The van der Waals surface area contributed by atoms with Gasteiger partial charge in [-0.25, -0.2) is 4.79 Å². The van der Waals surface area contributed by atoms with Crippen molar-refractivity contribution in [3.8, 4) is 0 Å². The van der Waals surface area contributed by atoms with Crippen molar-refractivity contribution in [2.24, 2.45) is 0 Å². The van der Waals surface area contributed by atoms with Gasteiger partial charge in [-0.05, 0) is 37.6 Å². The number of hydrogen-bond acceptors (Lipinski definition) is 7. The molecule has 1 unspecified atom stereocenters. The normalized spacial score (nSPS) is 17.6. The van der Waals surface area contributed by atoms with E-state index in [9.17, 15) is 14.4 Å². The number of aryl methyl sites for hydroxylation is 1. The number of H-pyrrole nitrogens is 1. The van der Waals surface area contributed by atoms with Gasteiger partial charge in [-0.3, -0.25) is 25.1 Å². The summed E-state index contributed by atoms with van der Waals surface area (Å²) in [6, 6.07) is 6.41. The molecule has 2 aromatic heterocycles. The Morgan fingerprint density at radius 3 is 2.64 bits per heavy atom. The summed E-state index contributed by atoms with van der Waals surface area (Å²) in [4.78, 5) is 43.8. The molecular formula is C30H37N7O5. The molecule has 1 saturated heterocycles. The van der Waals surface area contributed by atoms with Crippen molar-refractivity contribution < 1.29 is 23.6 Å². The summed E-state index contributed by atoms with van der Waals surface area (Å²) < 4.78 is 10.9. The molecule has 1 fully saturated rings. The Balaban J connectivity index is 1.36. The van der Waals surface area contributed by atoms with Crippen LogP contribution in [-0.4, -0.2) is 53.9 Å². The zero-order chi connectivity index (χ0) is 30.2. The number of amides is 4. The SMILES string of the molecule is CCC(=O)N(c1c(C)[nH]c(C=C2C(=O)Nc3cc(NC(=O)Nc4cc(C(C)(C)C)on4)ccc32)c1C)C1COCCN1. The summed E-state index contributed by atoms with van der Waals surface area (Å²) in [7, 11) is 0. The van der Waals surface area contributed by atoms with E-state index >= 15 is 0 Å². The molecule has 42 heavy (non-hydrogen) atoms. The van der Waals surface area contributed by atoms with Gasteiger partial charge in [0, 0.05) is 47.1 Å². The second kappa shape index (κ2) is 11.5. The van der Waals surface area contributed by atoms with Crippen molar-refractivity contribution in [2.45, 2.75) is 59.5 Å². The maximum Gasteiger partial charge on any atom is 0.324 e. The quantitative estimate of drug-likeness (QED) is 0.266. The molecule has 0 aliphatic carbocycles. The number of fused-ring (bicyclic) bond motifs is 1. The predicted octanol–water partition coefficient (Wildman–Crippen LogP) is 4.74. The van der Waals surface area contributed by atoms with Gasteiger partial charge in [0.25, 0.3) is 5.91 Å². The average Bonchev–Trinajstić information content (AvgIpc) is 3.61. The zero-order valence-electron chi connectivity index (χ0n) is 24.7. The minimum absolute atomic E-state index is 0.0198. The van der Waals surface area contributed by atoms with Crippen LogP contribution in [0.3, 0.4) is 0 Å². The number of hydrogen-bond donors (Lipinski definition) is 5. The molecule has 12 heteroatoms. The van der Waals surface area contributed by atoms with E-state index in [0.29, 0.717) is 60.3 Å². The van der Waals surface area contributed by atoms with Crippen LogP contribution in [-0.2, 0) is 19.7 Å². The zero-order valence-corrected chi connectivity index (χ0v) is 24.7. The fraction of sp³-hybridized carbons (Fsp3) is 0.400. The second-order valence-electron chi connectivity index (χ2n) is 11.5. The van der Waals surface area contributed by atoms with Crippen molar-refractivity contribution in [3.63, 3.8) is 0 Å². The number of urea groups is 1. The summed E-state index contributed by atoms with van der Waals surface area (Å²) in [6.07, 6.45) is 1.87. The number of aromatic amines is 1. The number of benzene rings is 1. The fourth-order valence-electron chi connectivity index (χ4n) is 5.14. The van der Waals surface area contributed by atoms with Crippen LogP contribution in [0.15, 0.2) is 28.8 Å². The molecule has 2 aliphatic rings. The van der Waals surface area contributed by atoms with Crippen LogP contribution in [0.1, 0.15) is 62.4 Å². The Hall–Kier alpha value is -4.42. The maximum atomic E-state index is 13.0. The van der Waals surface area contributed by atoms with Gasteiger partial charge in [-0.15, -0.1) is 0 Å². The Morgan fingerprint density at radius 2 is 1.98 bits per heavy atom. The summed E-state index contributed by atoms with van der Waals surface area (Å²) in [5, 5.41) is 15.6. The van der Waals surface area contributed by atoms with E-state index in [1.165, 1.54) is 0 Å². The van der Waals surface area contributed by atoms with Gasteiger partial charge < -0.3 is 24.9 Å². The number of ether oxygens (including phenoxy) is 1. The minimum atomic E-state index is -0.488. The summed E-state index contributed by atoms with van der Waals surface area (Å²) in [6.45, 7) is 13.3. The molecule has 5 rings (SSSR count). The van der Waals surface area contributed by atoms with E-state index in [4.69, 9.17) is 9.26 Å². The molecule has 1 atom stereocenters. The molecule has 0 bridgehead atoms. The van der Waals surface area contributed by atoms with Crippen molar-refractivity contribution in [1.29, 1.82) is 0 Å². The molecule has 1 aromatic carbocycles. The van der Waals surface area contributed by atoms with E-state index in [-0.39, 0.29) is 23.4 Å². The lowest BCUT2D eigenvalue weighted by Gasteiger charge is -2.35. The van der Waals surface area contributed by atoms with E-state index < -0.39 is 6.03 Å². The van der Waals surface area contributed by atoms with Crippen LogP contribution in [0, 0.1) is 13.8 Å². The Bertz CT molecular complexity index is 1560. The standard InChI is InChI=1S/C30H37N7O5/c1-7-26(38)37(25-15-41-11-10-31-25)27-16(2)21(32-17(27)3)13-20-19-9-8-18(12-22(19)34-28(20)39)33-29(40)35-24-14-23(42-36-24)30(4,5)6/h8-9,12-14,25,31-32H,7,10-11,15H2,1-6H3,(H,34,39)(H2,33,35,36,40). The molecule has 3 aromatic rings. The van der Waals surface area contributed by atoms with Gasteiger partial charge in [-0.1, -0.05) is 38.9 Å². The number of anilines is 4.